The van der Waals surface area contributed by atoms with Crippen LogP contribution in [0.25, 0.3) is 0 Å². The zero-order valence-electron chi connectivity index (χ0n) is 5.63. The molecule has 0 N–H and O–H groups in total. The Morgan fingerprint density at radius 3 is 3.00 bits per heavy atom. The highest BCUT2D eigenvalue weighted by molar-refractivity contribution is 5.05. The fourth-order valence-corrected chi connectivity index (χ4v) is 0.811. The summed E-state index contributed by atoms with van der Waals surface area (Å²) in [6.45, 7) is 5.96. The largest absolute Gasteiger partial charge is 0.472 e. The lowest BCUT2D eigenvalue weighted by Gasteiger charge is -1.97. The maximum atomic E-state index is 4.89. The van der Waals surface area contributed by atoms with Gasteiger partial charge in [-0.3, -0.25) is 0 Å². The smallest absolute Gasteiger partial charge is 0.0934 e. The van der Waals surface area contributed by atoms with E-state index in [2.05, 4.69) is 13.8 Å². The third kappa shape index (κ3) is 1.92. The van der Waals surface area contributed by atoms with Crippen molar-refractivity contribution < 1.29 is 4.42 Å². The molecular formula is C8H11O. The number of hydrogen-bond donors (Lipinski definition) is 0. The minimum atomic E-state index is 0.475. The third-order valence-corrected chi connectivity index (χ3v) is 1.16. The van der Waals surface area contributed by atoms with Crippen molar-refractivity contribution in [2.75, 3.05) is 0 Å². The van der Waals surface area contributed by atoms with Gasteiger partial charge in [0.1, 0.15) is 0 Å². The Bertz CT molecular complexity index is 151. The van der Waals surface area contributed by atoms with Gasteiger partial charge in [-0.25, -0.2) is 0 Å². The van der Waals surface area contributed by atoms with Crippen LogP contribution >= 0.6 is 0 Å². The molecule has 0 bridgehead atoms. The van der Waals surface area contributed by atoms with E-state index in [1.165, 1.54) is 5.56 Å². The molecule has 0 aliphatic carbocycles. The number of rotatable bonds is 2. The minimum absolute atomic E-state index is 0.475. The van der Waals surface area contributed by atoms with Gasteiger partial charge in [0.25, 0.3) is 0 Å². The van der Waals surface area contributed by atoms with Gasteiger partial charge in [-0.1, -0.05) is 13.8 Å². The standard InChI is InChI=1S/C8H11O/c1-7(2)5-8-3-4-9-6-8/h3-4,6-7H,1,5H2,2H3. The lowest BCUT2D eigenvalue weighted by molar-refractivity contribution is 0.560. The average molecular weight is 123 g/mol. The summed E-state index contributed by atoms with van der Waals surface area (Å²) >= 11 is 0. The van der Waals surface area contributed by atoms with Gasteiger partial charge < -0.3 is 4.42 Å². The molecule has 0 amide bonds. The van der Waals surface area contributed by atoms with Gasteiger partial charge >= 0.3 is 0 Å². The summed E-state index contributed by atoms with van der Waals surface area (Å²) in [5.74, 6) is 0.475. The first-order chi connectivity index (χ1) is 4.29. The molecule has 1 atom stereocenters. The van der Waals surface area contributed by atoms with Crippen LogP contribution in [0.1, 0.15) is 12.5 Å². The van der Waals surface area contributed by atoms with Crippen molar-refractivity contribution >= 4 is 0 Å². The fourth-order valence-electron chi connectivity index (χ4n) is 0.811. The molecule has 1 heterocycles. The highest BCUT2D eigenvalue weighted by atomic mass is 16.3. The van der Waals surface area contributed by atoms with E-state index in [0.717, 1.165) is 6.42 Å². The molecule has 1 nitrogen and oxygen atoms in total. The predicted molar refractivity (Wildman–Crippen MR) is 36.9 cm³/mol. The lowest BCUT2D eigenvalue weighted by Crippen LogP contribution is -1.90. The Morgan fingerprint density at radius 2 is 2.56 bits per heavy atom. The minimum Gasteiger partial charge on any atom is -0.472 e. The van der Waals surface area contributed by atoms with Crippen LogP contribution in [0.2, 0.25) is 0 Å². The molecule has 0 aromatic carbocycles. The Morgan fingerprint density at radius 1 is 1.78 bits per heavy atom. The van der Waals surface area contributed by atoms with Crippen molar-refractivity contribution in [3.8, 4) is 0 Å². The van der Waals surface area contributed by atoms with Crippen molar-refractivity contribution in [2.24, 2.45) is 5.92 Å². The van der Waals surface area contributed by atoms with E-state index in [1.54, 1.807) is 12.5 Å². The summed E-state index contributed by atoms with van der Waals surface area (Å²) < 4.78 is 4.89. The Hall–Kier alpha value is -0.720. The van der Waals surface area contributed by atoms with Crippen LogP contribution < -0.4 is 0 Å². The average Bonchev–Trinajstić information content (AvgIpc) is 2.15. The highest BCUT2D eigenvalue weighted by Gasteiger charge is 1.96. The van der Waals surface area contributed by atoms with Crippen LogP contribution in [0, 0.1) is 12.8 Å². The molecule has 0 saturated heterocycles. The summed E-state index contributed by atoms with van der Waals surface area (Å²) in [7, 11) is 0. The van der Waals surface area contributed by atoms with Crippen molar-refractivity contribution in [1.82, 2.24) is 0 Å². The molecule has 1 radical (unpaired) electrons. The summed E-state index contributed by atoms with van der Waals surface area (Å²) in [5.41, 5.74) is 1.23. The van der Waals surface area contributed by atoms with E-state index < -0.39 is 0 Å². The van der Waals surface area contributed by atoms with Gasteiger partial charge in [-0.2, -0.15) is 0 Å². The Kier molecular flexibility index (Phi) is 1.93. The fraction of sp³-hybridized carbons (Fsp3) is 0.375. The van der Waals surface area contributed by atoms with Crippen molar-refractivity contribution in [2.45, 2.75) is 13.3 Å². The molecule has 0 saturated carbocycles. The van der Waals surface area contributed by atoms with Crippen molar-refractivity contribution in [3.63, 3.8) is 0 Å². The van der Waals surface area contributed by atoms with Crippen LogP contribution in [-0.2, 0) is 6.42 Å². The molecule has 0 aliphatic rings. The van der Waals surface area contributed by atoms with Gasteiger partial charge in [0.05, 0.1) is 12.5 Å². The number of furan rings is 1. The molecule has 0 spiro atoms. The van der Waals surface area contributed by atoms with Gasteiger partial charge in [0.2, 0.25) is 0 Å². The van der Waals surface area contributed by atoms with Crippen LogP contribution in [0.3, 0.4) is 0 Å². The van der Waals surface area contributed by atoms with Crippen LogP contribution in [0.4, 0.5) is 0 Å². The molecule has 1 heteroatoms. The topological polar surface area (TPSA) is 13.1 Å². The van der Waals surface area contributed by atoms with E-state index in [4.69, 9.17) is 4.42 Å². The van der Waals surface area contributed by atoms with Crippen LogP contribution in [-0.4, -0.2) is 0 Å². The molecule has 1 aromatic heterocycles. The molecule has 1 rings (SSSR count). The van der Waals surface area contributed by atoms with Gasteiger partial charge in [0, 0.05) is 0 Å². The zero-order chi connectivity index (χ0) is 6.69. The van der Waals surface area contributed by atoms with Crippen molar-refractivity contribution in [3.05, 3.63) is 31.1 Å². The molecular weight excluding hydrogens is 112 g/mol. The van der Waals surface area contributed by atoms with Crippen molar-refractivity contribution in [1.29, 1.82) is 0 Å². The molecule has 49 valence electrons. The normalized spacial score (nSPS) is 10.6. The molecule has 0 fully saturated rings. The summed E-state index contributed by atoms with van der Waals surface area (Å²) in [5, 5.41) is 0. The molecule has 1 unspecified atom stereocenters. The van der Waals surface area contributed by atoms with E-state index in [0.29, 0.717) is 5.92 Å². The quantitative estimate of drug-likeness (QED) is 0.588. The summed E-state index contributed by atoms with van der Waals surface area (Å²) in [4.78, 5) is 0. The van der Waals surface area contributed by atoms with Gasteiger partial charge in [0.15, 0.2) is 0 Å². The van der Waals surface area contributed by atoms with E-state index in [9.17, 15) is 0 Å². The monoisotopic (exact) mass is 123 g/mol. The summed E-state index contributed by atoms with van der Waals surface area (Å²) in [6.07, 6.45) is 4.47. The molecule has 1 aromatic rings. The Labute approximate surface area is 55.7 Å². The van der Waals surface area contributed by atoms with E-state index in [1.807, 2.05) is 6.07 Å². The second-order valence-electron chi connectivity index (χ2n) is 2.44. The van der Waals surface area contributed by atoms with Gasteiger partial charge in [-0.05, 0) is 24.0 Å². The summed E-state index contributed by atoms with van der Waals surface area (Å²) in [6, 6.07) is 1.97. The first-order valence-electron chi connectivity index (χ1n) is 3.13. The maximum Gasteiger partial charge on any atom is 0.0934 e. The predicted octanol–water partition coefficient (Wildman–Crippen LogP) is 2.29. The molecule has 9 heavy (non-hydrogen) atoms. The SMILES string of the molecule is [CH2]C(C)Cc1ccoc1. The highest BCUT2D eigenvalue weighted by Crippen LogP contribution is 2.06. The third-order valence-electron chi connectivity index (χ3n) is 1.16. The molecule has 0 aliphatic heterocycles. The van der Waals surface area contributed by atoms with E-state index in [-0.39, 0.29) is 0 Å². The zero-order valence-corrected chi connectivity index (χ0v) is 5.63. The second kappa shape index (κ2) is 2.72. The first kappa shape index (κ1) is 6.40. The maximum absolute atomic E-state index is 4.89. The van der Waals surface area contributed by atoms with Crippen LogP contribution in [0.15, 0.2) is 23.0 Å². The number of hydrogen-bond acceptors (Lipinski definition) is 1. The van der Waals surface area contributed by atoms with E-state index >= 15 is 0 Å². The van der Waals surface area contributed by atoms with Crippen LogP contribution in [0.5, 0.6) is 0 Å². The van der Waals surface area contributed by atoms with Gasteiger partial charge in [-0.15, -0.1) is 0 Å². The second-order valence-corrected chi connectivity index (χ2v) is 2.44. The lowest BCUT2D eigenvalue weighted by atomic mass is 10.1. The Balaban J connectivity index is 2.48. The first-order valence-corrected chi connectivity index (χ1v) is 3.13.